The van der Waals surface area contributed by atoms with Crippen LogP contribution in [0.3, 0.4) is 0 Å². The Balaban J connectivity index is 1.62. The summed E-state index contributed by atoms with van der Waals surface area (Å²) >= 11 is 0. The van der Waals surface area contributed by atoms with Crippen LogP contribution >= 0.6 is 0 Å². The van der Waals surface area contributed by atoms with Crippen LogP contribution in [0.4, 0.5) is 5.69 Å². The van der Waals surface area contributed by atoms with Gasteiger partial charge in [-0.05, 0) is 30.0 Å². The molecule has 2 saturated heterocycles. The van der Waals surface area contributed by atoms with E-state index in [2.05, 4.69) is 61.8 Å². The van der Waals surface area contributed by atoms with Gasteiger partial charge in [-0.1, -0.05) is 32.9 Å². The lowest BCUT2D eigenvalue weighted by Crippen LogP contribution is -2.64. The van der Waals surface area contributed by atoms with E-state index >= 15 is 0 Å². The largest absolute Gasteiger partial charge is 0.377 e. The Morgan fingerprint density at radius 1 is 0.952 bits per heavy atom. The van der Waals surface area contributed by atoms with Gasteiger partial charge in [-0.2, -0.15) is 0 Å². The molecule has 0 radical (unpaired) electrons. The van der Waals surface area contributed by atoms with Crippen LogP contribution in [0.15, 0.2) is 24.3 Å². The van der Waals surface area contributed by atoms with Crippen molar-refractivity contribution < 1.29 is 4.74 Å². The Bertz CT molecular complexity index is 477. The number of hydrogen-bond acceptors (Lipinski definition) is 3. The van der Waals surface area contributed by atoms with E-state index in [1.807, 2.05) is 0 Å². The predicted molar refractivity (Wildman–Crippen MR) is 88.2 cm³/mol. The minimum absolute atomic E-state index is 0.232. The standard InChI is InChI=1S/C18H28N2O/c1-17(2,3)15-5-7-16(8-6-15)19-9-11-20(12-10-19)18(4)13-21-14-18/h5-8H,9-14H2,1-4H3. The molecule has 1 aromatic carbocycles. The fourth-order valence-electron chi connectivity index (χ4n) is 3.26. The maximum absolute atomic E-state index is 5.39. The molecule has 0 N–H and O–H groups in total. The highest BCUT2D eigenvalue weighted by Crippen LogP contribution is 2.28. The summed E-state index contributed by atoms with van der Waals surface area (Å²) in [6.07, 6.45) is 0. The molecule has 0 bridgehead atoms. The van der Waals surface area contributed by atoms with Gasteiger partial charge in [-0.3, -0.25) is 4.90 Å². The minimum Gasteiger partial charge on any atom is -0.377 e. The summed E-state index contributed by atoms with van der Waals surface area (Å²) in [5.74, 6) is 0. The molecule has 0 atom stereocenters. The van der Waals surface area contributed by atoms with Gasteiger partial charge in [-0.15, -0.1) is 0 Å². The number of piperazine rings is 1. The number of benzene rings is 1. The highest BCUT2D eigenvalue weighted by molar-refractivity contribution is 5.49. The second kappa shape index (κ2) is 5.29. The van der Waals surface area contributed by atoms with Gasteiger partial charge in [0, 0.05) is 31.9 Å². The third kappa shape index (κ3) is 2.95. The smallest absolute Gasteiger partial charge is 0.0671 e. The summed E-state index contributed by atoms with van der Waals surface area (Å²) in [6.45, 7) is 15.4. The van der Waals surface area contributed by atoms with Crippen molar-refractivity contribution in [1.82, 2.24) is 4.90 Å². The van der Waals surface area contributed by atoms with Gasteiger partial charge in [0.1, 0.15) is 0 Å². The minimum atomic E-state index is 0.232. The molecule has 1 aromatic rings. The van der Waals surface area contributed by atoms with Crippen molar-refractivity contribution in [2.24, 2.45) is 0 Å². The van der Waals surface area contributed by atoms with E-state index in [0.717, 1.165) is 39.4 Å². The molecule has 2 aliphatic rings. The van der Waals surface area contributed by atoms with E-state index in [4.69, 9.17) is 4.74 Å². The van der Waals surface area contributed by atoms with Crippen molar-refractivity contribution in [3.8, 4) is 0 Å². The van der Waals surface area contributed by atoms with Crippen LogP contribution in [0.5, 0.6) is 0 Å². The zero-order valence-electron chi connectivity index (χ0n) is 13.9. The first-order valence-electron chi connectivity index (χ1n) is 8.07. The maximum atomic E-state index is 5.39. The Hall–Kier alpha value is -1.06. The van der Waals surface area contributed by atoms with Crippen LogP contribution in [0.25, 0.3) is 0 Å². The zero-order chi connectivity index (χ0) is 15.1. The molecule has 0 saturated carbocycles. The first kappa shape index (κ1) is 14.9. The van der Waals surface area contributed by atoms with E-state index in [0.29, 0.717) is 5.54 Å². The zero-order valence-corrected chi connectivity index (χ0v) is 13.9. The molecule has 0 unspecified atom stereocenters. The highest BCUT2D eigenvalue weighted by Gasteiger charge is 2.40. The lowest BCUT2D eigenvalue weighted by molar-refractivity contribution is -0.131. The fourth-order valence-corrected chi connectivity index (χ4v) is 3.26. The molecule has 2 fully saturated rings. The van der Waals surface area contributed by atoms with E-state index in [1.54, 1.807) is 0 Å². The number of anilines is 1. The summed E-state index contributed by atoms with van der Waals surface area (Å²) in [5, 5.41) is 0. The van der Waals surface area contributed by atoms with Gasteiger partial charge < -0.3 is 9.64 Å². The number of hydrogen-bond donors (Lipinski definition) is 0. The summed E-state index contributed by atoms with van der Waals surface area (Å²) < 4.78 is 5.39. The van der Waals surface area contributed by atoms with Gasteiger partial charge in [0.15, 0.2) is 0 Å². The lowest BCUT2D eigenvalue weighted by Gasteiger charge is -2.50. The quantitative estimate of drug-likeness (QED) is 0.832. The Morgan fingerprint density at radius 3 is 1.95 bits per heavy atom. The van der Waals surface area contributed by atoms with Gasteiger partial charge in [0.2, 0.25) is 0 Å². The molecule has 2 aliphatic heterocycles. The van der Waals surface area contributed by atoms with Gasteiger partial charge >= 0.3 is 0 Å². The Kier molecular flexibility index (Phi) is 3.74. The average Bonchev–Trinajstić information content (AvgIpc) is 2.44. The molecule has 2 heterocycles. The van der Waals surface area contributed by atoms with Crippen LogP contribution in [-0.2, 0) is 10.2 Å². The summed E-state index contributed by atoms with van der Waals surface area (Å²) in [7, 11) is 0. The molecule has 3 heteroatoms. The molecular weight excluding hydrogens is 260 g/mol. The summed E-state index contributed by atoms with van der Waals surface area (Å²) in [4.78, 5) is 5.10. The van der Waals surface area contributed by atoms with Crippen LogP contribution in [0, 0.1) is 0 Å². The maximum Gasteiger partial charge on any atom is 0.0671 e. The first-order valence-corrected chi connectivity index (χ1v) is 8.07. The SMILES string of the molecule is CC(C)(C)c1ccc(N2CCN(C3(C)COC3)CC2)cc1. The molecular formula is C18H28N2O. The van der Waals surface area contributed by atoms with E-state index in [1.165, 1.54) is 11.3 Å². The third-order valence-electron chi connectivity index (χ3n) is 4.97. The number of nitrogens with zero attached hydrogens (tertiary/aromatic N) is 2. The lowest BCUT2D eigenvalue weighted by atomic mass is 9.87. The normalized spacial score (nSPS) is 23.0. The van der Waals surface area contributed by atoms with Crippen LogP contribution in [0.2, 0.25) is 0 Å². The topological polar surface area (TPSA) is 15.7 Å². The molecule has 0 aromatic heterocycles. The van der Waals surface area contributed by atoms with Crippen molar-refractivity contribution in [2.45, 2.75) is 38.6 Å². The second-order valence-corrected chi connectivity index (χ2v) is 7.76. The van der Waals surface area contributed by atoms with E-state index in [-0.39, 0.29) is 5.41 Å². The summed E-state index contributed by atoms with van der Waals surface area (Å²) in [5.41, 5.74) is 3.29. The van der Waals surface area contributed by atoms with Crippen LogP contribution < -0.4 is 4.90 Å². The number of ether oxygens (including phenoxy) is 1. The average molecular weight is 288 g/mol. The molecule has 21 heavy (non-hydrogen) atoms. The second-order valence-electron chi connectivity index (χ2n) is 7.76. The predicted octanol–water partition coefficient (Wildman–Crippen LogP) is 2.90. The molecule has 0 amide bonds. The van der Waals surface area contributed by atoms with Crippen LogP contribution in [-0.4, -0.2) is 49.8 Å². The molecule has 3 nitrogen and oxygen atoms in total. The van der Waals surface area contributed by atoms with Gasteiger partial charge in [0.05, 0.1) is 18.8 Å². The van der Waals surface area contributed by atoms with Crippen molar-refractivity contribution in [3.63, 3.8) is 0 Å². The highest BCUT2D eigenvalue weighted by atomic mass is 16.5. The third-order valence-corrected chi connectivity index (χ3v) is 4.97. The summed E-state index contributed by atoms with van der Waals surface area (Å²) in [6, 6.07) is 9.13. The first-order chi connectivity index (χ1) is 9.88. The molecule has 3 rings (SSSR count). The van der Waals surface area contributed by atoms with Crippen molar-refractivity contribution in [1.29, 1.82) is 0 Å². The Labute approximate surface area is 128 Å². The van der Waals surface area contributed by atoms with Crippen molar-refractivity contribution in [3.05, 3.63) is 29.8 Å². The number of rotatable bonds is 2. The van der Waals surface area contributed by atoms with Crippen molar-refractivity contribution in [2.75, 3.05) is 44.3 Å². The molecule has 116 valence electrons. The molecule has 0 spiro atoms. The van der Waals surface area contributed by atoms with Gasteiger partial charge in [0.25, 0.3) is 0 Å². The Morgan fingerprint density at radius 2 is 1.52 bits per heavy atom. The van der Waals surface area contributed by atoms with Crippen LogP contribution in [0.1, 0.15) is 33.3 Å². The fraction of sp³-hybridized carbons (Fsp3) is 0.667. The van der Waals surface area contributed by atoms with E-state index < -0.39 is 0 Å². The van der Waals surface area contributed by atoms with Gasteiger partial charge in [-0.25, -0.2) is 0 Å². The monoisotopic (exact) mass is 288 g/mol. The van der Waals surface area contributed by atoms with E-state index in [9.17, 15) is 0 Å². The van der Waals surface area contributed by atoms with Crippen molar-refractivity contribution >= 4 is 5.69 Å². The molecule has 0 aliphatic carbocycles.